The number of carbonyl (C=O) groups excluding carboxylic acids is 1. The van der Waals surface area contributed by atoms with Gasteiger partial charge in [-0.1, -0.05) is 29.8 Å². The van der Waals surface area contributed by atoms with Gasteiger partial charge in [0.1, 0.15) is 5.92 Å². The highest BCUT2D eigenvalue weighted by Crippen LogP contribution is 2.40. The first-order chi connectivity index (χ1) is 10.2. The Bertz CT molecular complexity index is 655. The van der Waals surface area contributed by atoms with Crippen molar-refractivity contribution in [3.8, 4) is 0 Å². The molecule has 21 heavy (non-hydrogen) atoms. The minimum atomic E-state index is -0.433. The van der Waals surface area contributed by atoms with E-state index in [1.807, 2.05) is 24.3 Å². The van der Waals surface area contributed by atoms with Crippen LogP contribution in [0.25, 0.3) is 0 Å². The lowest BCUT2D eigenvalue weighted by molar-refractivity contribution is -0.143. The van der Waals surface area contributed by atoms with E-state index < -0.39 is 5.92 Å². The van der Waals surface area contributed by atoms with Crippen LogP contribution in [0, 0.1) is 0 Å². The number of nitrogens with one attached hydrogen (secondary N) is 1. The normalized spacial score (nSPS) is 18.9. The zero-order valence-corrected chi connectivity index (χ0v) is 13.2. The molecule has 1 aromatic heterocycles. The molecule has 0 amide bonds. The average Bonchev–Trinajstić information content (AvgIpc) is 2.98. The van der Waals surface area contributed by atoms with E-state index in [9.17, 15) is 4.79 Å². The fourth-order valence-corrected chi connectivity index (χ4v) is 4.06. The average molecular weight is 322 g/mol. The van der Waals surface area contributed by atoms with Gasteiger partial charge in [-0.15, -0.1) is 11.3 Å². The number of rotatable bonds is 3. The van der Waals surface area contributed by atoms with Gasteiger partial charge in [0.15, 0.2) is 0 Å². The summed E-state index contributed by atoms with van der Waals surface area (Å²) in [5.41, 5.74) is 1.99. The molecule has 2 aromatic rings. The summed E-state index contributed by atoms with van der Waals surface area (Å²) in [6.45, 7) is 0.857. The topological polar surface area (TPSA) is 38.3 Å². The molecule has 0 saturated heterocycles. The molecule has 110 valence electrons. The van der Waals surface area contributed by atoms with Gasteiger partial charge in [-0.05, 0) is 35.1 Å². The Morgan fingerprint density at radius 1 is 1.43 bits per heavy atom. The van der Waals surface area contributed by atoms with Gasteiger partial charge in [0, 0.05) is 16.4 Å². The van der Waals surface area contributed by atoms with E-state index in [0.29, 0.717) is 5.02 Å². The van der Waals surface area contributed by atoms with E-state index >= 15 is 0 Å². The van der Waals surface area contributed by atoms with Crippen molar-refractivity contribution in [2.75, 3.05) is 13.7 Å². The molecule has 0 fully saturated rings. The maximum absolute atomic E-state index is 12.4. The number of hydrogen-bond acceptors (Lipinski definition) is 4. The van der Waals surface area contributed by atoms with E-state index in [-0.39, 0.29) is 12.0 Å². The number of esters is 1. The minimum absolute atomic E-state index is 0.0904. The van der Waals surface area contributed by atoms with Crippen LogP contribution in [0.1, 0.15) is 28.0 Å². The summed E-state index contributed by atoms with van der Waals surface area (Å²) in [6, 6.07) is 9.46. The van der Waals surface area contributed by atoms with Crippen molar-refractivity contribution in [1.82, 2.24) is 5.32 Å². The van der Waals surface area contributed by atoms with Gasteiger partial charge in [-0.25, -0.2) is 0 Å². The molecule has 0 aliphatic carbocycles. The molecular formula is C16H16ClNO2S. The van der Waals surface area contributed by atoms with Crippen LogP contribution in [0.2, 0.25) is 5.02 Å². The summed E-state index contributed by atoms with van der Waals surface area (Å²) < 4.78 is 5.03. The first-order valence-electron chi connectivity index (χ1n) is 6.84. The molecule has 0 radical (unpaired) electrons. The molecule has 3 rings (SSSR count). The molecule has 1 aliphatic heterocycles. The highest BCUT2D eigenvalue weighted by Gasteiger charge is 2.36. The molecule has 5 heteroatoms. The lowest BCUT2D eigenvalue weighted by atomic mass is 9.85. The first-order valence-corrected chi connectivity index (χ1v) is 8.10. The van der Waals surface area contributed by atoms with E-state index in [0.717, 1.165) is 18.5 Å². The number of benzene rings is 1. The number of halogens is 1. The zero-order valence-electron chi connectivity index (χ0n) is 11.6. The third kappa shape index (κ3) is 2.71. The molecule has 1 aliphatic rings. The van der Waals surface area contributed by atoms with Crippen molar-refractivity contribution in [2.45, 2.75) is 18.4 Å². The Labute approximate surface area is 132 Å². The van der Waals surface area contributed by atoms with Gasteiger partial charge in [0.2, 0.25) is 0 Å². The van der Waals surface area contributed by atoms with Crippen LogP contribution < -0.4 is 5.32 Å². The number of fused-ring (bicyclic) bond motifs is 1. The highest BCUT2D eigenvalue weighted by atomic mass is 35.5. The van der Waals surface area contributed by atoms with Crippen LogP contribution in [0.5, 0.6) is 0 Å². The van der Waals surface area contributed by atoms with Gasteiger partial charge in [0.05, 0.1) is 13.2 Å². The van der Waals surface area contributed by atoms with Gasteiger partial charge >= 0.3 is 5.97 Å². The van der Waals surface area contributed by atoms with Crippen LogP contribution >= 0.6 is 22.9 Å². The summed E-state index contributed by atoms with van der Waals surface area (Å²) >= 11 is 8.05. The molecule has 1 unspecified atom stereocenters. The third-order valence-electron chi connectivity index (χ3n) is 3.86. The summed E-state index contributed by atoms with van der Waals surface area (Å²) in [4.78, 5) is 13.7. The minimum Gasteiger partial charge on any atom is -0.468 e. The highest BCUT2D eigenvalue weighted by molar-refractivity contribution is 7.10. The van der Waals surface area contributed by atoms with Crippen LogP contribution in [0.3, 0.4) is 0 Å². The maximum atomic E-state index is 12.4. The van der Waals surface area contributed by atoms with E-state index in [1.54, 1.807) is 11.3 Å². The second-order valence-electron chi connectivity index (χ2n) is 5.00. The first kappa shape index (κ1) is 14.6. The van der Waals surface area contributed by atoms with E-state index in [2.05, 4.69) is 16.8 Å². The van der Waals surface area contributed by atoms with Crippen LogP contribution in [0.15, 0.2) is 35.7 Å². The van der Waals surface area contributed by atoms with Gasteiger partial charge in [0.25, 0.3) is 0 Å². The molecule has 1 aromatic carbocycles. The Hall–Kier alpha value is -1.36. The summed E-state index contributed by atoms with van der Waals surface area (Å²) in [5.74, 6) is -0.697. The van der Waals surface area contributed by atoms with Crippen molar-refractivity contribution < 1.29 is 9.53 Å². The second-order valence-corrected chi connectivity index (χ2v) is 6.41. The Balaban J connectivity index is 2.06. The largest absolute Gasteiger partial charge is 0.468 e. The van der Waals surface area contributed by atoms with Crippen LogP contribution in [-0.2, 0) is 16.0 Å². The van der Waals surface area contributed by atoms with Crippen molar-refractivity contribution in [3.63, 3.8) is 0 Å². The smallest absolute Gasteiger partial charge is 0.315 e. The Morgan fingerprint density at radius 2 is 2.24 bits per heavy atom. The lowest BCUT2D eigenvalue weighted by Gasteiger charge is -2.30. The summed E-state index contributed by atoms with van der Waals surface area (Å²) in [6.07, 6.45) is 1.000. The zero-order chi connectivity index (χ0) is 14.8. The molecule has 3 nitrogen and oxygen atoms in total. The number of thiophene rings is 1. The van der Waals surface area contributed by atoms with Crippen LogP contribution in [0.4, 0.5) is 0 Å². The molecule has 2 atom stereocenters. The quantitative estimate of drug-likeness (QED) is 0.879. The van der Waals surface area contributed by atoms with Crippen LogP contribution in [-0.4, -0.2) is 19.6 Å². The fraction of sp³-hybridized carbons (Fsp3) is 0.312. The van der Waals surface area contributed by atoms with Gasteiger partial charge < -0.3 is 10.1 Å². The Morgan fingerprint density at radius 3 is 3.00 bits per heavy atom. The molecule has 0 bridgehead atoms. The molecule has 0 saturated carbocycles. The number of methoxy groups -OCH3 is 1. The number of carbonyl (C=O) groups is 1. The molecule has 0 spiro atoms. The summed E-state index contributed by atoms with van der Waals surface area (Å²) in [7, 11) is 1.42. The van der Waals surface area contributed by atoms with E-state index in [4.69, 9.17) is 16.3 Å². The van der Waals surface area contributed by atoms with Gasteiger partial charge in [-0.3, -0.25) is 4.79 Å². The van der Waals surface area contributed by atoms with E-state index in [1.165, 1.54) is 17.6 Å². The molecule has 1 N–H and O–H groups in total. The number of ether oxygens (including phenoxy) is 1. The Kier molecular flexibility index (Phi) is 4.29. The SMILES string of the molecule is COC(=O)C(c1ccccc1Cl)[C@H]1NCCc2sccc21. The van der Waals surface area contributed by atoms with Crippen molar-refractivity contribution in [2.24, 2.45) is 0 Å². The second kappa shape index (κ2) is 6.18. The van der Waals surface area contributed by atoms with Crippen molar-refractivity contribution in [1.29, 1.82) is 0 Å². The predicted molar refractivity (Wildman–Crippen MR) is 85.0 cm³/mol. The fourth-order valence-electron chi connectivity index (χ4n) is 2.88. The third-order valence-corrected chi connectivity index (χ3v) is 5.20. The lowest BCUT2D eigenvalue weighted by Crippen LogP contribution is -2.36. The molecule has 2 heterocycles. The van der Waals surface area contributed by atoms with Gasteiger partial charge in [-0.2, -0.15) is 0 Å². The number of hydrogen-bond donors (Lipinski definition) is 1. The summed E-state index contributed by atoms with van der Waals surface area (Å²) in [5, 5.41) is 6.12. The maximum Gasteiger partial charge on any atom is 0.315 e. The monoisotopic (exact) mass is 321 g/mol. The van der Waals surface area contributed by atoms with Crippen molar-refractivity contribution in [3.05, 3.63) is 56.7 Å². The molecular weight excluding hydrogens is 306 g/mol. The standard InChI is InChI=1S/C16H16ClNO2S/c1-20-16(19)14(10-4-2-3-5-12(10)17)15-11-7-9-21-13(11)6-8-18-15/h2-5,7,9,14-15,18H,6,8H2,1H3/t14?,15-/m0/s1. The van der Waals surface area contributed by atoms with Crippen molar-refractivity contribution >= 4 is 28.9 Å². The predicted octanol–water partition coefficient (Wildman–Crippen LogP) is 3.55.